The minimum Gasteiger partial charge on any atom is -0.394 e. The molecule has 1 N–H and O–H groups in total. The highest BCUT2D eigenvalue weighted by Crippen LogP contribution is 2.21. The van der Waals surface area contributed by atoms with E-state index in [1.165, 1.54) is 25.2 Å². The summed E-state index contributed by atoms with van der Waals surface area (Å²) in [5.41, 5.74) is 0.596. The first-order chi connectivity index (χ1) is 16.1. The quantitative estimate of drug-likeness (QED) is 0.638. The fourth-order valence-electron chi connectivity index (χ4n) is 3.85. The third-order valence-corrected chi connectivity index (χ3v) is 7.81. The molecule has 0 radical (unpaired) electrons. The Balaban J connectivity index is 1.86. The minimum atomic E-state index is -3.97. The molecule has 0 saturated carbocycles. The Hall–Kier alpha value is -2.41. The van der Waals surface area contributed by atoms with Crippen molar-refractivity contribution in [2.24, 2.45) is 5.92 Å². The van der Waals surface area contributed by atoms with Crippen molar-refractivity contribution in [3.8, 4) is 0 Å². The number of hydrogen-bond donors (Lipinski definition) is 1. The van der Waals surface area contributed by atoms with E-state index < -0.39 is 28.0 Å². The number of fused-ring (bicyclic) bond motifs is 2. The summed E-state index contributed by atoms with van der Waals surface area (Å²) in [5.74, 6) is -1.03. The number of carbonyl (C=O) groups excluding carboxylic acids is 1. The van der Waals surface area contributed by atoms with Gasteiger partial charge >= 0.3 is 0 Å². The van der Waals surface area contributed by atoms with E-state index in [4.69, 9.17) is 4.74 Å². The van der Waals surface area contributed by atoms with Crippen LogP contribution in [0.2, 0.25) is 0 Å². The SMILES string of the molecule is C[C@@H]1CN([C@@H](C)CO)C(=O)CCCn2cc(nn2)CO[C@@H]1CN(C)S(=O)(=O)c1cccc(F)c1. The van der Waals surface area contributed by atoms with Gasteiger partial charge in [0.25, 0.3) is 0 Å². The summed E-state index contributed by atoms with van der Waals surface area (Å²) in [4.78, 5) is 14.4. The van der Waals surface area contributed by atoms with Crippen LogP contribution in [0.25, 0.3) is 0 Å². The van der Waals surface area contributed by atoms with Crippen LogP contribution in [0, 0.1) is 11.7 Å². The zero-order chi connectivity index (χ0) is 24.9. The van der Waals surface area contributed by atoms with Crippen molar-refractivity contribution in [1.82, 2.24) is 24.2 Å². The van der Waals surface area contributed by atoms with Crippen LogP contribution < -0.4 is 0 Å². The summed E-state index contributed by atoms with van der Waals surface area (Å²) in [6.45, 7) is 4.34. The minimum absolute atomic E-state index is 0.0241. The van der Waals surface area contributed by atoms with Crippen molar-refractivity contribution in [3.05, 3.63) is 42.0 Å². The topological polar surface area (TPSA) is 118 Å². The number of amides is 1. The van der Waals surface area contributed by atoms with Crippen LogP contribution in [0.15, 0.2) is 35.4 Å². The number of rotatable bonds is 6. The van der Waals surface area contributed by atoms with E-state index in [1.54, 1.807) is 22.7 Å². The lowest BCUT2D eigenvalue weighted by molar-refractivity contribution is -0.136. The number of ether oxygens (including phenoxy) is 1. The fourth-order valence-corrected chi connectivity index (χ4v) is 5.07. The first-order valence-electron chi connectivity index (χ1n) is 11.2. The predicted octanol–water partition coefficient (Wildman–Crippen LogP) is 1.26. The van der Waals surface area contributed by atoms with Gasteiger partial charge in [0.15, 0.2) is 0 Å². The van der Waals surface area contributed by atoms with Gasteiger partial charge in [0.2, 0.25) is 15.9 Å². The molecule has 10 nitrogen and oxygen atoms in total. The number of aromatic nitrogens is 3. The van der Waals surface area contributed by atoms with E-state index in [1.807, 2.05) is 6.92 Å². The molecule has 188 valence electrons. The monoisotopic (exact) mass is 497 g/mol. The molecule has 0 fully saturated rings. The highest BCUT2D eigenvalue weighted by molar-refractivity contribution is 7.89. The van der Waals surface area contributed by atoms with E-state index in [-0.39, 0.29) is 49.4 Å². The molecular formula is C22H32FN5O5S. The Kier molecular flexibility index (Phi) is 8.74. The van der Waals surface area contributed by atoms with E-state index in [9.17, 15) is 22.7 Å². The Morgan fingerprint density at radius 3 is 2.85 bits per heavy atom. The van der Waals surface area contributed by atoms with Gasteiger partial charge in [-0.25, -0.2) is 12.8 Å². The predicted molar refractivity (Wildman–Crippen MR) is 121 cm³/mol. The van der Waals surface area contributed by atoms with Crippen LogP contribution in [-0.4, -0.2) is 82.5 Å². The second-order valence-electron chi connectivity index (χ2n) is 8.72. The molecule has 12 heteroatoms. The van der Waals surface area contributed by atoms with Crippen molar-refractivity contribution in [3.63, 3.8) is 0 Å². The van der Waals surface area contributed by atoms with Gasteiger partial charge in [0, 0.05) is 39.0 Å². The van der Waals surface area contributed by atoms with Gasteiger partial charge in [-0.2, -0.15) is 4.31 Å². The average Bonchev–Trinajstić information content (AvgIpc) is 3.26. The van der Waals surface area contributed by atoms with Gasteiger partial charge in [0.05, 0.1) is 36.5 Å². The number of aryl methyl sites for hydroxylation is 1. The van der Waals surface area contributed by atoms with Gasteiger partial charge in [-0.3, -0.25) is 9.48 Å². The maximum Gasteiger partial charge on any atom is 0.243 e. The molecule has 0 unspecified atom stereocenters. The molecule has 2 aromatic rings. The fraction of sp³-hybridized carbons (Fsp3) is 0.591. The van der Waals surface area contributed by atoms with Crippen LogP contribution in [-0.2, 0) is 32.7 Å². The second kappa shape index (κ2) is 11.3. The van der Waals surface area contributed by atoms with Gasteiger partial charge in [-0.15, -0.1) is 5.10 Å². The number of aliphatic hydroxyl groups is 1. The van der Waals surface area contributed by atoms with Crippen molar-refractivity contribution in [2.75, 3.05) is 26.7 Å². The normalized spacial score (nSPS) is 21.6. The highest BCUT2D eigenvalue weighted by atomic mass is 32.2. The standard InChI is InChI=1S/C22H32FN5O5S/c1-16-11-28(17(2)14-29)22(30)8-5-9-27-12-19(24-25-27)15-33-21(16)13-26(3)34(31,32)20-7-4-6-18(23)10-20/h4,6-7,10,12,16-17,21,29H,5,8-9,11,13-15H2,1-3H3/t16-,17+,21-/m1/s1. The Labute approximate surface area is 199 Å². The molecule has 3 rings (SSSR count). The summed E-state index contributed by atoms with van der Waals surface area (Å²) >= 11 is 0. The maximum atomic E-state index is 13.6. The molecule has 1 aliphatic rings. The lowest BCUT2D eigenvalue weighted by Crippen LogP contribution is -2.47. The maximum absolute atomic E-state index is 13.6. The molecule has 3 atom stereocenters. The third kappa shape index (κ3) is 6.38. The zero-order valence-corrected chi connectivity index (χ0v) is 20.5. The Bertz CT molecular complexity index is 1080. The molecule has 34 heavy (non-hydrogen) atoms. The molecule has 1 amide bonds. The Morgan fingerprint density at radius 1 is 1.38 bits per heavy atom. The van der Waals surface area contributed by atoms with E-state index in [2.05, 4.69) is 10.3 Å². The van der Waals surface area contributed by atoms with Crippen molar-refractivity contribution >= 4 is 15.9 Å². The smallest absolute Gasteiger partial charge is 0.243 e. The first kappa shape index (κ1) is 26.2. The molecule has 0 saturated heterocycles. The lowest BCUT2D eigenvalue weighted by Gasteiger charge is -2.35. The van der Waals surface area contributed by atoms with Crippen molar-refractivity contribution in [1.29, 1.82) is 0 Å². The number of aliphatic hydroxyl groups excluding tert-OH is 1. The molecular weight excluding hydrogens is 465 g/mol. The van der Waals surface area contributed by atoms with Crippen LogP contribution in [0.5, 0.6) is 0 Å². The summed E-state index contributed by atoms with van der Waals surface area (Å²) in [6.07, 6.45) is 1.99. The second-order valence-corrected chi connectivity index (χ2v) is 10.8. The van der Waals surface area contributed by atoms with Crippen molar-refractivity contribution in [2.45, 2.75) is 56.9 Å². The number of halogens is 1. The Morgan fingerprint density at radius 2 is 2.15 bits per heavy atom. The number of hydrogen-bond acceptors (Lipinski definition) is 7. The summed E-state index contributed by atoms with van der Waals surface area (Å²) in [7, 11) is -2.56. The number of benzene rings is 1. The van der Waals surface area contributed by atoms with E-state index in [0.29, 0.717) is 18.7 Å². The molecule has 1 aromatic heterocycles. The van der Waals surface area contributed by atoms with E-state index in [0.717, 1.165) is 10.4 Å². The van der Waals surface area contributed by atoms with Crippen LogP contribution in [0.3, 0.4) is 0 Å². The molecule has 0 spiro atoms. The van der Waals surface area contributed by atoms with Crippen LogP contribution >= 0.6 is 0 Å². The van der Waals surface area contributed by atoms with Crippen LogP contribution in [0.1, 0.15) is 32.4 Å². The number of carbonyl (C=O) groups is 1. The molecule has 2 bridgehead atoms. The first-order valence-corrected chi connectivity index (χ1v) is 12.7. The van der Waals surface area contributed by atoms with Gasteiger partial charge in [0.1, 0.15) is 11.5 Å². The zero-order valence-electron chi connectivity index (χ0n) is 19.7. The lowest BCUT2D eigenvalue weighted by atomic mass is 10.0. The number of likely N-dealkylation sites (N-methyl/N-ethyl adjacent to an activating group) is 1. The molecule has 2 heterocycles. The van der Waals surface area contributed by atoms with Crippen molar-refractivity contribution < 1.29 is 27.4 Å². The summed E-state index contributed by atoms with van der Waals surface area (Å²) in [6, 6.07) is 4.44. The third-order valence-electron chi connectivity index (χ3n) is 5.99. The summed E-state index contributed by atoms with van der Waals surface area (Å²) < 4.78 is 48.6. The van der Waals surface area contributed by atoms with E-state index >= 15 is 0 Å². The largest absolute Gasteiger partial charge is 0.394 e. The number of nitrogens with zero attached hydrogens (tertiary/aromatic N) is 5. The van der Waals surface area contributed by atoms with Gasteiger partial charge in [-0.1, -0.05) is 18.2 Å². The average molecular weight is 498 g/mol. The van der Waals surface area contributed by atoms with Crippen LogP contribution in [0.4, 0.5) is 4.39 Å². The highest BCUT2D eigenvalue weighted by Gasteiger charge is 2.31. The molecule has 1 aromatic carbocycles. The number of sulfonamides is 1. The van der Waals surface area contributed by atoms with Gasteiger partial charge < -0.3 is 14.7 Å². The molecule has 0 aliphatic carbocycles. The molecule has 1 aliphatic heterocycles. The van der Waals surface area contributed by atoms with Gasteiger partial charge in [-0.05, 0) is 31.5 Å². The summed E-state index contributed by atoms with van der Waals surface area (Å²) in [5, 5.41) is 17.8.